The second-order valence-electron chi connectivity index (χ2n) is 4.85. The number of carbonyl (C=O) groups excluding carboxylic acids is 1. The van der Waals surface area contributed by atoms with Crippen molar-refractivity contribution in [1.82, 2.24) is 14.8 Å². The van der Waals surface area contributed by atoms with Crippen LogP contribution >= 0.6 is 0 Å². The number of hydrogen-bond donors (Lipinski definition) is 1. The van der Waals surface area contributed by atoms with Gasteiger partial charge in [0.1, 0.15) is 5.82 Å². The van der Waals surface area contributed by atoms with E-state index in [9.17, 15) is 4.79 Å². The minimum Gasteiger partial charge on any atom is -0.305 e. The van der Waals surface area contributed by atoms with Crippen LogP contribution in [0, 0.1) is 0 Å². The Morgan fingerprint density at radius 3 is 2.90 bits per heavy atom. The molecule has 2 heterocycles. The number of rotatable bonds is 3. The van der Waals surface area contributed by atoms with Gasteiger partial charge in [0.05, 0.1) is 5.52 Å². The van der Waals surface area contributed by atoms with Crippen LogP contribution in [0.4, 0.5) is 5.82 Å². The van der Waals surface area contributed by atoms with E-state index in [0.717, 1.165) is 22.9 Å². The summed E-state index contributed by atoms with van der Waals surface area (Å²) in [5.41, 5.74) is 2.47. The van der Waals surface area contributed by atoms with Crippen LogP contribution < -0.4 is 5.32 Å². The first-order chi connectivity index (χ1) is 10.2. The summed E-state index contributed by atoms with van der Waals surface area (Å²) in [6, 6.07) is 11.5. The van der Waals surface area contributed by atoms with Gasteiger partial charge in [-0.15, -0.1) is 0 Å². The summed E-state index contributed by atoms with van der Waals surface area (Å²) in [5, 5.41) is 7.95. The highest BCUT2D eigenvalue weighted by atomic mass is 16.2. The topological polar surface area (TPSA) is 59.8 Å². The van der Waals surface area contributed by atoms with Gasteiger partial charge in [-0.2, -0.15) is 5.10 Å². The van der Waals surface area contributed by atoms with Gasteiger partial charge in [-0.25, -0.2) is 4.98 Å². The zero-order valence-corrected chi connectivity index (χ0v) is 12.0. The summed E-state index contributed by atoms with van der Waals surface area (Å²) in [4.78, 5) is 16.6. The molecule has 106 valence electrons. The molecule has 0 aliphatic carbocycles. The lowest BCUT2D eigenvalue weighted by Crippen LogP contribution is -2.14. The van der Waals surface area contributed by atoms with Crippen LogP contribution in [0.15, 0.2) is 42.6 Å². The Bertz CT molecular complexity index is 807. The minimum absolute atomic E-state index is 0.243. The van der Waals surface area contributed by atoms with E-state index in [1.54, 1.807) is 10.9 Å². The van der Waals surface area contributed by atoms with Crippen LogP contribution in [0.2, 0.25) is 0 Å². The second-order valence-corrected chi connectivity index (χ2v) is 4.85. The maximum atomic E-state index is 12.4. The van der Waals surface area contributed by atoms with Gasteiger partial charge >= 0.3 is 0 Å². The number of nitrogens with zero attached hydrogens (tertiary/aromatic N) is 3. The number of anilines is 1. The van der Waals surface area contributed by atoms with Gasteiger partial charge in [-0.3, -0.25) is 9.48 Å². The van der Waals surface area contributed by atoms with Gasteiger partial charge < -0.3 is 5.32 Å². The molecule has 3 rings (SSSR count). The van der Waals surface area contributed by atoms with E-state index in [4.69, 9.17) is 0 Å². The van der Waals surface area contributed by atoms with E-state index < -0.39 is 0 Å². The lowest BCUT2D eigenvalue weighted by atomic mass is 10.2. The molecule has 2 aromatic heterocycles. The van der Waals surface area contributed by atoms with Crippen molar-refractivity contribution in [2.75, 3.05) is 5.32 Å². The molecule has 0 aliphatic heterocycles. The normalized spacial score (nSPS) is 10.8. The summed E-state index contributed by atoms with van der Waals surface area (Å²) in [6.45, 7) is 2.06. The number of fused-ring (bicyclic) bond motifs is 1. The van der Waals surface area contributed by atoms with Gasteiger partial charge in [-0.1, -0.05) is 25.1 Å². The Hall–Kier alpha value is -2.69. The molecule has 5 heteroatoms. The molecule has 0 fully saturated rings. The first-order valence-electron chi connectivity index (χ1n) is 6.87. The van der Waals surface area contributed by atoms with E-state index in [1.165, 1.54) is 0 Å². The fourth-order valence-corrected chi connectivity index (χ4v) is 2.32. The smallest absolute Gasteiger partial charge is 0.277 e. The Balaban J connectivity index is 1.94. The van der Waals surface area contributed by atoms with Crippen LogP contribution in [0.1, 0.15) is 23.0 Å². The quantitative estimate of drug-likeness (QED) is 0.802. The number of benzene rings is 1. The number of carbonyl (C=O) groups is 1. The highest BCUT2D eigenvalue weighted by Gasteiger charge is 2.16. The third kappa shape index (κ3) is 2.50. The Kier molecular flexibility index (Phi) is 3.39. The number of aryl methyl sites for hydroxylation is 2. The van der Waals surface area contributed by atoms with Crippen LogP contribution in [0.3, 0.4) is 0 Å². The molecule has 1 N–H and O–H groups in total. The third-order valence-electron chi connectivity index (χ3n) is 3.45. The summed E-state index contributed by atoms with van der Waals surface area (Å²) >= 11 is 0. The van der Waals surface area contributed by atoms with Gasteiger partial charge in [-0.05, 0) is 30.2 Å². The van der Waals surface area contributed by atoms with Crippen LogP contribution in [-0.2, 0) is 13.5 Å². The molecule has 0 saturated heterocycles. The standard InChI is InChI=1S/C16H16N4O/c1-3-11-8-9-17-14(10-11)18-16(21)15-12-6-4-5-7-13(12)20(2)19-15/h4-10H,3H2,1-2H3,(H,17,18,21). The van der Waals surface area contributed by atoms with E-state index in [0.29, 0.717) is 11.5 Å². The van der Waals surface area contributed by atoms with Crippen molar-refractivity contribution in [2.24, 2.45) is 7.05 Å². The zero-order chi connectivity index (χ0) is 14.8. The number of para-hydroxylation sites is 1. The van der Waals surface area contributed by atoms with Crippen molar-refractivity contribution in [1.29, 1.82) is 0 Å². The molecule has 0 aliphatic rings. The zero-order valence-electron chi connectivity index (χ0n) is 12.0. The van der Waals surface area contributed by atoms with Crippen molar-refractivity contribution < 1.29 is 4.79 Å². The number of pyridine rings is 1. The van der Waals surface area contributed by atoms with Crippen molar-refractivity contribution in [3.8, 4) is 0 Å². The van der Waals surface area contributed by atoms with E-state index in [2.05, 4.69) is 22.3 Å². The predicted octanol–water partition coefficient (Wildman–Crippen LogP) is 2.78. The molecule has 1 aromatic carbocycles. The maximum Gasteiger partial charge on any atom is 0.277 e. The van der Waals surface area contributed by atoms with Crippen LogP contribution in [0.25, 0.3) is 10.9 Å². The molecule has 0 saturated carbocycles. The molecule has 0 bridgehead atoms. The van der Waals surface area contributed by atoms with Gasteiger partial charge in [0, 0.05) is 18.6 Å². The largest absolute Gasteiger partial charge is 0.305 e. The molecule has 5 nitrogen and oxygen atoms in total. The Morgan fingerprint density at radius 1 is 1.29 bits per heavy atom. The first-order valence-corrected chi connectivity index (χ1v) is 6.87. The lowest BCUT2D eigenvalue weighted by Gasteiger charge is -2.04. The molecule has 21 heavy (non-hydrogen) atoms. The average molecular weight is 280 g/mol. The molecular formula is C16H16N4O. The third-order valence-corrected chi connectivity index (χ3v) is 3.45. The molecule has 0 unspecified atom stereocenters. The lowest BCUT2D eigenvalue weighted by molar-refractivity contribution is 0.102. The van der Waals surface area contributed by atoms with Crippen molar-refractivity contribution in [3.05, 3.63) is 53.9 Å². The van der Waals surface area contributed by atoms with Crippen LogP contribution in [-0.4, -0.2) is 20.7 Å². The van der Waals surface area contributed by atoms with E-state index in [1.807, 2.05) is 43.4 Å². The monoisotopic (exact) mass is 280 g/mol. The Labute approximate surface area is 122 Å². The van der Waals surface area contributed by atoms with Crippen molar-refractivity contribution in [3.63, 3.8) is 0 Å². The van der Waals surface area contributed by atoms with Gasteiger partial charge in [0.15, 0.2) is 5.69 Å². The van der Waals surface area contributed by atoms with Crippen molar-refractivity contribution >= 4 is 22.6 Å². The average Bonchev–Trinajstić information content (AvgIpc) is 2.85. The fraction of sp³-hybridized carbons (Fsp3) is 0.188. The molecule has 3 aromatic rings. The minimum atomic E-state index is -0.243. The van der Waals surface area contributed by atoms with Gasteiger partial charge in [0.2, 0.25) is 0 Å². The molecule has 0 radical (unpaired) electrons. The summed E-state index contributed by atoms with van der Waals surface area (Å²) in [7, 11) is 1.83. The number of hydrogen-bond acceptors (Lipinski definition) is 3. The summed E-state index contributed by atoms with van der Waals surface area (Å²) < 4.78 is 1.71. The van der Waals surface area contributed by atoms with Crippen molar-refractivity contribution in [2.45, 2.75) is 13.3 Å². The van der Waals surface area contributed by atoms with E-state index >= 15 is 0 Å². The van der Waals surface area contributed by atoms with E-state index in [-0.39, 0.29) is 5.91 Å². The first kappa shape index (κ1) is 13.3. The fourth-order valence-electron chi connectivity index (χ4n) is 2.32. The summed E-state index contributed by atoms with van der Waals surface area (Å²) in [6.07, 6.45) is 2.60. The predicted molar refractivity (Wildman–Crippen MR) is 82.3 cm³/mol. The number of nitrogens with one attached hydrogen (secondary N) is 1. The molecular weight excluding hydrogens is 264 g/mol. The molecule has 0 atom stereocenters. The van der Waals surface area contributed by atoms with Crippen LogP contribution in [0.5, 0.6) is 0 Å². The Morgan fingerprint density at radius 2 is 2.10 bits per heavy atom. The molecule has 1 amide bonds. The molecule has 0 spiro atoms. The van der Waals surface area contributed by atoms with Gasteiger partial charge in [0.25, 0.3) is 5.91 Å². The number of amides is 1. The maximum absolute atomic E-state index is 12.4. The highest BCUT2D eigenvalue weighted by Crippen LogP contribution is 2.18. The second kappa shape index (κ2) is 5.36. The SMILES string of the molecule is CCc1ccnc(NC(=O)c2nn(C)c3ccccc23)c1. The highest BCUT2D eigenvalue weighted by molar-refractivity contribution is 6.10. The number of aromatic nitrogens is 3. The summed E-state index contributed by atoms with van der Waals surface area (Å²) in [5.74, 6) is 0.307.